The zero-order valence-corrected chi connectivity index (χ0v) is 11.8. The summed E-state index contributed by atoms with van der Waals surface area (Å²) in [4.78, 5) is 3.99. The molecule has 8 heteroatoms. The fraction of sp³-hybridized carbons (Fsp3) is 0.273. The molecule has 19 heavy (non-hydrogen) atoms. The Balaban J connectivity index is 2.69. The van der Waals surface area contributed by atoms with E-state index < -0.39 is 5.82 Å². The zero-order valence-electron chi connectivity index (χ0n) is 10.2. The number of halogens is 2. The third kappa shape index (κ3) is 2.41. The summed E-state index contributed by atoms with van der Waals surface area (Å²) in [6.07, 6.45) is 0. The topological polar surface area (TPSA) is 83.4 Å². The van der Waals surface area contributed by atoms with Crippen LogP contribution < -0.4 is 15.2 Å². The first-order valence-electron chi connectivity index (χ1n) is 5.25. The maximum atomic E-state index is 14.2. The molecule has 6 nitrogen and oxygen atoms in total. The van der Waals surface area contributed by atoms with Crippen LogP contribution in [-0.4, -0.2) is 24.4 Å². The van der Waals surface area contributed by atoms with Gasteiger partial charge in [-0.1, -0.05) is 5.16 Å². The molecule has 0 atom stereocenters. The van der Waals surface area contributed by atoms with Crippen LogP contribution in [0.2, 0.25) is 0 Å². The van der Waals surface area contributed by atoms with Gasteiger partial charge in [0.15, 0.2) is 17.3 Å². The highest BCUT2D eigenvalue weighted by molar-refractivity contribution is 9.10. The number of ether oxygens (including phenoxy) is 2. The molecule has 0 unspecified atom stereocenters. The van der Waals surface area contributed by atoms with Crippen LogP contribution >= 0.6 is 15.9 Å². The minimum atomic E-state index is -0.568. The fourth-order valence-corrected chi connectivity index (χ4v) is 1.99. The number of hydrogen-bond donors (Lipinski definition) is 1. The van der Waals surface area contributed by atoms with Crippen LogP contribution in [0.15, 0.2) is 15.1 Å². The second-order valence-corrected chi connectivity index (χ2v) is 4.35. The third-order valence-corrected chi connectivity index (χ3v) is 3.01. The number of benzene rings is 1. The van der Waals surface area contributed by atoms with E-state index in [1.165, 1.54) is 20.3 Å². The van der Waals surface area contributed by atoms with Crippen molar-refractivity contribution in [3.05, 3.63) is 22.2 Å². The second kappa shape index (κ2) is 5.54. The van der Waals surface area contributed by atoms with Gasteiger partial charge >= 0.3 is 0 Å². The predicted molar refractivity (Wildman–Crippen MR) is 68.4 cm³/mol. The van der Waals surface area contributed by atoms with E-state index in [1.54, 1.807) is 0 Å². The molecule has 0 aliphatic carbocycles. The molecule has 0 saturated carbocycles. The van der Waals surface area contributed by atoms with Crippen molar-refractivity contribution in [3.63, 3.8) is 0 Å². The summed E-state index contributed by atoms with van der Waals surface area (Å²) in [5, 5.41) is 3.68. The molecule has 1 heterocycles. The second-order valence-electron chi connectivity index (χ2n) is 3.50. The summed E-state index contributed by atoms with van der Waals surface area (Å²) in [7, 11) is 2.85. The Labute approximate surface area is 116 Å². The quantitative estimate of drug-likeness (QED) is 0.923. The predicted octanol–water partition coefficient (Wildman–Crippen LogP) is 2.11. The smallest absolute Gasteiger partial charge is 0.240 e. The van der Waals surface area contributed by atoms with Crippen molar-refractivity contribution in [1.29, 1.82) is 0 Å². The lowest BCUT2D eigenvalue weighted by Crippen LogP contribution is -1.99. The van der Waals surface area contributed by atoms with Gasteiger partial charge in [0.25, 0.3) is 0 Å². The van der Waals surface area contributed by atoms with Crippen molar-refractivity contribution >= 4 is 15.9 Å². The number of hydrogen-bond acceptors (Lipinski definition) is 6. The standard InChI is InChI=1S/C11H11BrFN3O3/c1-17-6-3-5(12)9(13)8(10(6)18-2)11-15-7(4-14)19-16-11/h3H,4,14H2,1-2H3. The van der Waals surface area contributed by atoms with Gasteiger partial charge < -0.3 is 19.7 Å². The van der Waals surface area contributed by atoms with Gasteiger partial charge in [0.2, 0.25) is 11.7 Å². The Morgan fingerprint density at radius 1 is 1.42 bits per heavy atom. The highest BCUT2D eigenvalue weighted by Gasteiger charge is 2.24. The molecule has 0 spiro atoms. The van der Waals surface area contributed by atoms with Crippen molar-refractivity contribution < 1.29 is 18.4 Å². The van der Waals surface area contributed by atoms with Crippen molar-refractivity contribution in [1.82, 2.24) is 10.1 Å². The van der Waals surface area contributed by atoms with Crippen molar-refractivity contribution in [2.45, 2.75) is 6.54 Å². The number of aromatic nitrogens is 2. The largest absolute Gasteiger partial charge is 0.493 e. The molecule has 0 saturated heterocycles. The van der Waals surface area contributed by atoms with Crippen molar-refractivity contribution in [2.24, 2.45) is 5.73 Å². The van der Waals surface area contributed by atoms with Crippen LogP contribution in [0.25, 0.3) is 11.4 Å². The lowest BCUT2D eigenvalue weighted by molar-refractivity contribution is 0.352. The molecule has 0 fully saturated rings. The number of nitrogens with zero attached hydrogens (tertiary/aromatic N) is 2. The van der Waals surface area contributed by atoms with Crippen LogP contribution in [0.1, 0.15) is 5.89 Å². The van der Waals surface area contributed by atoms with Gasteiger partial charge in [-0.25, -0.2) is 4.39 Å². The van der Waals surface area contributed by atoms with Gasteiger partial charge in [-0.2, -0.15) is 4.98 Å². The minimum absolute atomic E-state index is 0.0504. The maximum Gasteiger partial charge on any atom is 0.240 e. The summed E-state index contributed by atoms with van der Waals surface area (Å²) in [6.45, 7) is 0.0715. The normalized spacial score (nSPS) is 10.6. The van der Waals surface area contributed by atoms with Crippen LogP contribution in [0, 0.1) is 5.82 Å². The van der Waals surface area contributed by atoms with E-state index in [1.807, 2.05) is 0 Å². The summed E-state index contributed by atoms with van der Waals surface area (Å²) in [6, 6.07) is 1.46. The van der Waals surface area contributed by atoms with E-state index in [9.17, 15) is 4.39 Å². The van der Waals surface area contributed by atoms with Crippen molar-refractivity contribution in [3.8, 4) is 22.9 Å². The van der Waals surface area contributed by atoms with Gasteiger partial charge in [0, 0.05) is 6.07 Å². The lowest BCUT2D eigenvalue weighted by Gasteiger charge is -2.12. The summed E-state index contributed by atoms with van der Waals surface area (Å²) < 4.78 is 29.6. The van der Waals surface area contributed by atoms with Gasteiger partial charge in [-0.05, 0) is 15.9 Å². The average Bonchev–Trinajstić information content (AvgIpc) is 2.89. The van der Waals surface area contributed by atoms with E-state index in [4.69, 9.17) is 19.7 Å². The average molecular weight is 332 g/mol. The van der Waals surface area contributed by atoms with Gasteiger partial charge in [-0.3, -0.25) is 0 Å². The highest BCUT2D eigenvalue weighted by atomic mass is 79.9. The van der Waals surface area contributed by atoms with E-state index in [-0.39, 0.29) is 34.0 Å². The fourth-order valence-electron chi connectivity index (χ4n) is 1.58. The van der Waals surface area contributed by atoms with Gasteiger partial charge in [0.1, 0.15) is 5.56 Å². The van der Waals surface area contributed by atoms with Crippen molar-refractivity contribution in [2.75, 3.05) is 14.2 Å². The Morgan fingerprint density at radius 2 is 2.16 bits per heavy atom. The molecule has 0 amide bonds. The van der Waals surface area contributed by atoms with Crippen LogP contribution in [0.4, 0.5) is 4.39 Å². The number of nitrogens with two attached hydrogens (primary N) is 1. The molecule has 2 aromatic rings. The Hall–Kier alpha value is -1.67. The Kier molecular flexibility index (Phi) is 4.01. The third-order valence-electron chi connectivity index (χ3n) is 2.43. The zero-order chi connectivity index (χ0) is 14.0. The van der Waals surface area contributed by atoms with E-state index in [0.717, 1.165) is 0 Å². The molecule has 1 aromatic heterocycles. The van der Waals surface area contributed by atoms with Crippen LogP contribution in [0.5, 0.6) is 11.5 Å². The molecule has 2 rings (SSSR count). The van der Waals surface area contributed by atoms with Crippen LogP contribution in [0.3, 0.4) is 0 Å². The number of rotatable bonds is 4. The molecule has 0 aliphatic heterocycles. The monoisotopic (exact) mass is 331 g/mol. The molecule has 0 aliphatic rings. The van der Waals surface area contributed by atoms with Gasteiger partial charge in [0.05, 0.1) is 25.2 Å². The lowest BCUT2D eigenvalue weighted by atomic mass is 10.1. The van der Waals surface area contributed by atoms with E-state index >= 15 is 0 Å². The SMILES string of the molecule is COc1cc(Br)c(F)c(-c2noc(CN)n2)c1OC. The molecule has 102 valence electrons. The Bertz CT molecular complexity index is 603. The van der Waals surface area contributed by atoms with E-state index in [0.29, 0.717) is 5.75 Å². The van der Waals surface area contributed by atoms with Gasteiger partial charge in [-0.15, -0.1) is 0 Å². The summed E-state index contributed by atoms with van der Waals surface area (Å²) in [5.74, 6) is 0.226. The molecule has 1 aromatic carbocycles. The first kappa shape index (κ1) is 13.8. The molecular formula is C11H11BrFN3O3. The summed E-state index contributed by atoms with van der Waals surface area (Å²) >= 11 is 3.10. The number of methoxy groups -OCH3 is 2. The molecular weight excluding hydrogens is 321 g/mol. The maximum absolute atomic E-state index is 14.2. The highest BCUT2D eigenvalue weighted by Crippen LogP contribution is 2.42. The minimum Gasteiger partial charge on any atom is -0.493 e. The van der Waals surface area contributed by atoms with Crippen LogP contribution in [-0.2, 0) is 6.54 Å². The first-order chi connectivity index (χ1) is 9.12. The molecule has 0 bridgehead atoms. The molecule has 2 N–H and O–H groups in total. The van der Waals surface area contributed by atoms with E-state index in [2.05, 4.69) is 26.1 Å². The first-order valence-corrected chi connectivity index (χ1v) is 6.04. The molecule has 0 radical (unpaired) electrons. The Morgan fingerprint density at radius 3 is 2.68 bits per heavy atom. The summed E-state index contributed by atoms with van der Waals surface area (Å²) in [5.41, 5.74) is 5.43.